The number of nitrogens with two attached hydrogens (primary N) is 1. The minimum atomic E-state index is -0.793. The maximum atomic E-state index is 13.2. The van der Waals surface area contributed by atoms with Gasteiger partial charge in [-0.05, 0) is 31.4 Å². The van der Waals surface area contributed by atoms with E-state index in [9.17, 15) is 4.39 Å². The van der Waals surface area contributed by atoms with Crippen molar-refractivity contribution in [2.24, 2.45) is 5.73 Å². The maximum absolute atomic E-state index is 13.2. The molecule has 1 atom stereocenters. The first-order valence-corrected chi connectivity index (χ1v) is 5.69. The highest BCUT2D eigenvalue weighted by Gasteiger charge is 2.21. The Morgan fingerprint density at radius 1 is 1.47 bits per heavy atom. The third kappa shape index (κ3) is 4.04. The van der Waals surface area contributed by atoms with Crippen LogP contribution in [0.25, 0.3) is 0 Å². The minimum absolute atomic E-state index is 0.239. The third-order valence-electron chi connectivity index (χ3n) is 2.72. The molecule has 0 fully saturated rings. The molecule has 0 aliphatic heterocycles. The number of hydrogen-bond acceptors (Lipinski definition) is 3. The Bertz CT molecular complexity index is 403. The van der Waals surface area contributed by atoms with Gasteiger partial charge in [0.2, 0.25) is 0 Å². The first-order chi connectivity index (χ1) is 8.11. The molecular weight excluding hydrogens is 219 g/mol. The van der Waals surface area contributed by atoms with Gasteiger partial charge >= 0.3 is 0 Å². The lowest BCUT2D eigenvalue weighted by Gasteiger charge is -2.18. The summed E-state index contributed by atoms with van der Waals surface area (Å²) in [5.74, 6) is -0.133. The van der Waals surface area contributed by atoms with Crippen LogP contribution in [0.1, 0.15) is 26.2 Å². The lowest BCUT2D eigenvalue weighted by atomic mass is 9.94. The van der Waals surface area contributed by atoms with Gasteiger partial charge in [0.25, 0.3) is 0 Å². The molecule has 0 aliphatic carbocycles. The summed E-state index contributed by atoms with van der Waals surface area (Å²) in [6, 6.07) is 8.34. The third-order valence-corrected chi connectivity index (χ3v) is 2.72. The highest BCUT2D eigenvalue weighted by Crippen LogP contribution is 2.17. The average molecular weight is 236 g/mol. The molecule has 1 unspecified atom stereocenters. The number of halogens is 1. The molecule has 0 saturated heterocycles. The molecule has 0 bridgehead atoms. The second-order valence-corrected chi connectivity index (χ2v) is 4.00. The minimum Gasteiger partial charge on any atom is -0.491 e. The molecule has 1 aromatic rings. The van der Waals surface area contributed by atoms with Crippen molar-refractivity contribution in [3.8, 4) is 11.8 Å². The largest absolute Gasteiger partial charge is 0.491 e. The zero-order chi connectivity index (χ0) is 12.7. The smallest absolute Gasteiger partial charge is 0.165 e. The molecule has 1 aromatic carbocycles. The van der Waals surface area contributed by atoms with Gasteiger partial charge in [0.15, 0.2) is 11.6 Å². The fourth-order valence-corrected chi connectivity index (χ4v) is 1.44. The van der Waals surface area contributed by atoms with Crippen LogP contribution in [0.4, 0.5) is 4.39 Å². The number of nitriles is 1. The maximum Gasteiger partial charge on any atom is 0.165 e. The Morgan fingerprint density at radius 2 is 2.18 bits per heavy atom. The summed E-state index contributed by atoms with van der Waals surface area (Å²) in [6.45, 7) is 2.24. The van der Waals surface area contributed by atoms with E-state index in [1.807, 2.05) is 6.92 Å². The highest BCUT2D eigenvalue weighted by atomic mass is 19.1. The predicted octanol–water partition coefficient (Wildman–Crippen LogP) is 2.62. The SMILES string of the molecule is CCC(N)(C#N)CCCOc1ccccc1F. The Hall–Kier alpha value is -1.60. The summed E-state index contributed by atoms with van der Waals surface area (Å²) in [7, 11) is 0. The van der Waals surface area contributed by atoms with Gasteiger partial charge < -0.3 is 10.5 Å². The average Bonchev–Trinajstić information content (AvgIpc) is 2.36. The lowest BCUT2D eigenvalue weighted by Crippen LogP contribution is -2.37. The van der Waals surface area contributed by atoms with Gasteiger partial charge in [-0.15, -0.1) is 0 Å². The van der Waals surface area contributed by atoms with Gasteiger partial charge in [-0.2, -0.15) is 5.26 Å². The van der Waals surface area contributed by atoms with Crippen molar-refractivity contribution in [2.75, 3.05) is 6.61 Å². The number of rotatable bonds is 6. The van der Waals surface area contributed by atoms with E-state index in [4.69, 9.17) is 15.7 Å². The molecule has 0 amide bonds. The quantitative estimate of drug-likeness (QED) is 0.772. The van der Waals surface area contributed by atoms with Crippen LogP contribution in [0, 0.1) is 17.1 Å². The fraction of sp³-hybridized carbons (Fsp3) is 0.462. The van der Waals surface area contributed by atoms with Crippen molar-refractivity contribution in [2.45, 2.75) is 31.7 Å². The number of ether oxygens (including phenoxy) is 1. The molecule has 4 heteroatoms. The van der Waals surface area contributed by atoms with Crippen molar-refractivity contribution in [3.05, 3.63) is 30.1 Å². The molecule has 3 nitrogen and oxygen atoms in total. The zero-order valence-corrected chi connectivity index (χ0v) is 9.95. The summed E-state index contributed by atoms with van der Waals surface area (Å²) in [5, 5.41) is 8.87. The highest BCUT2D eigenvalue weighted by molar-refractivity contribution is 5.23. The molecule has 0 saturated carbocycles. The monoisotopic (exact) mass is 236 g/mol. The van der Waals surface area contributed by atoms with Crippen LogP contribution in [0.3, 0.4) is 0 Å². The Labute approximate surface area is 101 Å². The van der Waals surface area contributed by atoms with Crippen LogP contribution in [0.15, 0.2) is 24.3 Å². The summed E-state index contributed by atoms with van der Waals surface area (Å²) < 4.78 is 18.5. The Morgan fingerprint density at radius 3 is 2.76 bits per heavy atom. The fourth-order valence-electron chi connectivity index (χ4n) is 1.44. The summed E-state index contributed by atoms with van der Waals surface area (Å²) in [4.78, 5) is 0. The Kier molecular flexibility index (Phi) is 4.92. The van der Waals surface area contributed by atoms with Gasteiger partial charge in [-0.1, -0.05) is 19.1 Å². The van der Waals surface area contributed by atoms with E-state index in [2.05, 4.69) is 6.07 Å². The van der Waals surface area contributed by atoms with E-state index >= 15 is 0 Å². The predicted molar refractivity (Wildman–Crippen MR) is 64.0 cm³/mol. The molecule has 0 heterocycles. The van der Waals surface area contributed by atoms with Crippen molar-refractivity contribution in [1.29, 1.82) is 5.26 Å². The molecule has 2 N–H and O–H groups in total. The van der Waals surface area contributed by atoms with Gasteiger partial charge in [0.1, 0.15) is 5.54 Å². The van der Waals surface area contributed by atoms with E-state index in [1.165, 1.54) is 6.07 Å². The second-order valence-electron chi connectivity index (χ2n) is 4.00. The normalized spacial score (nSPS) is 13.8. The lowest BCUT2D eigenvalue weighted by molar-refractivity contribution is 0.279. The first kappa shape index (κ1) is 13.5. The molecule has 0 aromatic heterocycles. The van der Waals surface area contributed by atoms with Gasteiger partial charge in [0.05, 0.1) is 12.7 Å². The van der Waals surface area contributed by atoms with Crippen molar-refractivity contribution in [3.63, 3.8) is 0 Å². The molecule has 17 heavy (non-hydrogen) atoms. The summed E-state index contributed by atoms with van der Waals surface area (Å²) in [5.41, 5.74) is 5.02. The van der Waals surface area contributed by atoms with Crippen LogP contribution in [0.2, 0.25) is 0 Å². The van der Waals surface area contributed by atoms with Crippen molar-refractivity contribution >= 4 is 0 Å². The van der Waals surface area contributed by atoms with Gasteiger partial charge in [-0.3, -0.25) is 0 Å². The number of benzene rings is 1. The molecule has 0 aliphatic rings. The van der Waals surface area contributed by atoms with Crippen LogP contribution in [0.5, 0.6) is 5.75 Å². The topological polar surface area (TPSA) is 59.0 Å². The molecule has 92 valence electrons. The van der Waals surface area contributed by atoms with Crippen LogP contribution in [-0.2, 0) is 0 Å². The van der Waals surface area contributed by atoms with E-state index in [0.29, 0.717) is 25.9 Å². The van der Waals surface area contributed by atoms with E-state index in [1.54, 1.807) is 18.2 Å². The molecular formula is C13H17FN2O. The summed E-state index contributed by atoms with van der Waals surface area (Å²) >= 11 is 0. The summed E-state index contributed by atoms with van der Waals surface area (Å²) in [6.07, 6.45) is 1.78. The number of nitrogens with zero attached hydrogens (tertiary/aromatic N) is 1. The van der Waals surface area contributed by atoms with Crippen molar-refractivity contribution in [1.82, 2.24) is 0 Å². The number of hydrogen-bond donors (Lipinski definition) is 1. The second kappa shape index (κ2) is 6.21. The Balaban J connectivity index is 2.35. The van der Waals surface area contributed by atoms with Gasteiger partial charge in [0, 0.05) is 0 Å². The molecule has 0 spiro atoms. The van der Waals surface area contributed by atoms with E-state index in [-0.39, 0.29) is 11.6 Å². The van der Waals surface area contributed by atoms with Crippen LogP contribution >= 0.6 is 0 Å². The van der Waals surface area contributed by atoms with Crippen LogP contribution in [-0.4, -0.2) is 12.1 Å². The van der Waals surface area contributed by atoms with E-state index < -0.39 is 5.54 Å². The zero-order valence-electron chi connectivity index (χ0n) is 9.95. The van der Waals surface area contributed by atoms with Gasteiger partial charge in [-0.25, -0.2) is 4.39 Å². The molecule has 1 rings (SSSR count). The van der Waals surface area contributed by atoms with Crippen molar-refractivity contribution < 1.29 is 9.13 Å². The van der Waals surface area contributed by atoms with E-state index in [0.717, 1.165) is 0 Å². The van der Waals surface area contributed by atoms with Crippen LogP contribution < -0.4 is 10.5 Å². The number of para-hydroxylation sites is 1. The standard InChI is InChI=1S/C13H17FN2O/c1-2-13(16,10-15)8-5-9-17-12-7-4-3-6-11(12)14/h3-4,6-7H,2,5,8-9,16H2,1H3. The first-order valence-electron chi connectivity index (χ1n) is 5.69. The molecule has 0 radical (unpaired) electrons.